The molecule has 0 aliphatic heterocycles. The maximum absolute atomic E-state index is 12.2. The molecule has 0 heterocycles. The first kappa shape index (κ1) is 17.4. The number of nitrogens with one attached hydrogen (secondary N) is 1. The average molecular weight is 295 g/mol. The zero-order valence-corrected chi connectivity index (χ0v) is 13.0. The predicted molar refractivity (Wildman–Crippen MR) is 83.4 cm³/mol. The van der Waals surface area contributed by atoms with Gasteiger partial charge < -0.3 is 25.4 Å². The summed E-state index contributed by atoms with van der Waals surface area (Å²) >= 11 is 0. The molecule has 0 radical (unpaired) electrons. The summed E-state index contributed by atoms with van der Waals surface area (Å²) in [6, 6.07) is 7.33. The summed E-state index contributed by atoms with van der Waals surface area (Å²) in [5.74, 6) is 0. The SMILES string of the molecule is COCCN(CCOC)C(=O)Nc1ccc(C(C)N)cc1. The van der Waals surface area contributed by atoms with E-state index in [2.05, 4.69) is 5.32 Å². The molecule has 118 valence electrons. The van der Waals surface area contributed by atoms with Gasteiger partial charge in [-0.1, -0.05) is 12.1 Å². The summed E-state index contributed by atoms with van der Waals surface area (Å²) in [7, 11) is 3.22. The lowest BCUT2D eigenvalue weighted by Crippen LogP contribution is -2.39. The van der Waals surface area contributed by atoms with Crippen LogP contribution in [-0.4, -0.2) is 51.5 Å². The highest BCUT2D eigenvalue weighted by Crippen LogP contribution is 2.14. The van der Waals surface area contributed by atoms with Gasteiger partial charge in [-0.15, -0.1) is 0 Å². The van der Waals surface area contributed by atoms with Crippen molar-refractivity contribution in [2.24, 2.45) is 5.73 Å². The third kappa shape index (κ3) is 6.12. The number of anilines is 1. The molecule has 0 saturated heterocycles. The van der Waals surface area contributed by atoms with E-state index in [1.165, 1.54) is 0 Å². The average Bonchev–Trinajstić information content (AvgIpc) is 2.47. The summed E-state index contributed by atoms with van der Waals surface area (Å²) in [6.07, 6.45) is 0. The molecule has 3 N–H and O–H groups in total. The maximum Gasteiger partial charge on any atom is 0.321 e. The van der Waals surface area contributed by atoms with Gasteiger partial charge in [-0.3, -0.25) is 0 Å². The van der Waals surface area contributed by atoms with E-state index in [9.17, 15) is 4.79 Å². The number of rotatable bonds is 8. The third-order valence-corrected chi connectivity index (χ3v) is 3.11. The van der Waals surface area contributed by atoms with Crippen molar-refractivity contribution in [2.45, 2.75) is 13.0 Å². The van der Waals surface area contributed by atoms with E-state index < -0.39 is 0 Å². The summed E-state index contributed by atoms with van der Waals surface area (Å²) < 4.78 is 10.0. The number of carbonyl (C=O) groups excluding carboxylic acids is 1. The first-order valence-electron chi connectivity index (χ1n) is 6.97. The van der Waals surface area contributed by atoms with E-state index in [4.69, 9.17) is 15.2 Å². The Morgan fingerprint density at radius 1 is 1.19 bits per heavy atom. The lowest BCUT2D eigenvalue weighted by molar-refractivity contribution is 0.127. The highest BCUT2D eigenvalue weighted by Gasteiger charge is 2.13. The molecule has 2 amide bonds. The van der Waals surface area contributed by atoms with Gasteiger partial charge in [0, 0.05) is 39.0 Å². The van der Waals surface area contributed by atoms with Gasteiger partial charge in [0.1, 0.15) is 0 Å². The van der Waals surface area contributed by atoms with Crippen molar-refractivity contribution in [1.29, 1.82) is 0 Å². The third-order valence-electron chi connectivity index (χ3n) is 3.11. The number of hydrogen-bond acceptors (Lipinski definition) is 4. The number of amides is 2. The summed E-state index contributed by atoms with van der Waals surface area (Å²) in [5, 5.41) is 2.86. The maximum atomic E-state index is 12.2. The smallest absolute Gasteiger partial charge is 0.321 e. The molecule has 1 aromatic carbocycles. The van der Waals surface area contributed by atoms with E-state index in [0.29, 0.717) is 26.3 Å². The molecule has 1 unspecified atom stereocenters. The topological polar surface area (TPSA) is 76.8 Å². The molecule has 21 heavy (non-hydrogen) atoms. The van der Waals surface area contributed by atoms with Gasteiger partial charge in [-0.2, -0.15) is 0 Å². The van der Waals surface area contributed by atoms with Crippen molar-refractivity contribution in [2.75, 3.05) is 45.8 Å². The second-order valence-electron chi connectivity index (χ2n) is 4.81. The molecule has 0 spiro atoms. The van der Waals surface area contributed by atoms with Crippen LogP contribution in [0.5, 0.6) is 0 Å². The van der Waals surface area contributed by atoms with E-state index in [0.717, 1.165) is 11.3 Å². The Morgan fingerprint density at radius 2 is 1.71 bits per heavy atom. The molecule has 6 nitrogen and oxygen atoms in total. The van der Waals surface area contributed by atoms with Crippen LogP contribution in [0.1, 0.15) is 18.5 Å². The lowest BCUT2D eigenvalue weighted by atomic mass is 10.1. The van der Waals surface area contributed by atoms with E-state index in [1.54, 1.807) is 19.1 Å². The number of carbonyl (C=O) groups is 1. The Kier molecular flexibility index (Phi) is 7.74. The highest BCUT2D eigenvalue weighted by molar-refractivity contribution is 5.89. The van der Waals surface area contributed by atoms with Crippen molar-refractivity contribution >= 4 is 11.7 Å². The first-order chi connectivity index (χ1) is 10.1. The Balaban J connectivity index is 2.62. The largest absolute Gasteiger partial charge is 0.383 e. The quantitative estimate of drug-likeness (QED) is 0.767. The second kappa shape index (κ2) is 9.33. The molecular weight excluding hydrogens is 270 g/mol. The van der Waals surface area contributed by atoms with Crippen molar-refractivity contribution in [3.8, 4) is 0 Å². The van der Waals surface area contributed by atoms with Crippen LogP contribution in [0.4, 0.5) is 10.5 Å². The molecule has 6 heteroatoms. The number of ether oxygens (including phenoxy) is 2. The number of urea groups is 1. The van der Waals surface area contributed by atoms with Crippen LogP contribution in [0.3, 0.4) is 0 Å². The van der Waals surface area contributed by atoms with E-state index in [-0.39, 0.29) is 12.1 Å². The molecule has 0 saturated carbocycles. The highest BCUT2D eigenvalue weighted by atomic mass is 16.5. The lowest BCUT2D eigenvalue weighted by Gasteiger charge is -2.22. The monoisotopic (exact) mass is 295 g/mol. The van der Waals surface area contributed by atoms with Gasteiger partial charge in [0.25, 0.3) is 0 Å². The fraction of sp³-hybridized carbons (Fsp3) is 0.533. The zero-order chi connectivity index (χ0) is 15.7. The van der Waals surface area contributed by atoms with E-state index >= 15 is 0 Å². The van der Waals surface area contributed by atoms with Crippen LogP contribution >= 0.6 is 0 Å². The molecular formula is C15H25N3O3. The van der Waals surface area contributed by atoms with Gasteiger partial charge in [0.05, 0.1) is 13.2 Å². The predicted octanol–water partition coefficient (Wildman–Crippen LogP) is 1.83. The number of nitrogens with two attached hydrogens (primary N) is 1. The molecule has 0 aromatic heterocycles. The van der Waals surface area contributed by atoms with Crippen molar-refractivity contribution < 1.29 is 14.3 Å². The minimum absolute atomic E-state index is 0.0188. The number of benzene rings is 1. The Morgan fingerprint density at radius 3 is 2.14 bits per heavy atom. The minimum atomic E-state index is -0.169. The Hall–Kier alpha value is -1.63. The van der Waals surface area contributed by atoms with Crippen molar-refractivity contribution in [3.05, 3.63) is 29.8 Å². The van der Waals surface area contributed by atoms with Crippen LogP contribution < -0.4 is 11.1 Å². The summed E-state index contributed by atoms with van der Waals surface area (Å²) in [4.78, 5) is 13.9. The molecule has 1 aromatic rings. The second-order valence-corrected chi connectivity index (χ2v) is 4.81. The van der Waals surface area contributed by atoms with Crippen LogP contribution in [0, 0.1) is 0 Å². The number of hydrogen-bond donors (Lipinski definition) is 2. The van der Waals surface area contributed by atoms with Gasteiger partial charge >= 0.3 is 6.03 Å². The van der Waals surface area contributed by atoms with Crippen molar-refractivity contribution in [1.82, 2.24) is 4.90 Å². The van der Waals surface area contributed by atoms with Gasteiger partial charge in [0.15, 0.2) is 0 Å². The van der Waals surface area contributed by atoms with Gasteiger partial charge in [0.2, 0.25) is 0 Å². The number of nitrogens with zero attached hydrogens (tertiary/aromatic N) is 1. The van der Waals surface area contributed by atoms with Crippen LogP contribution in [0.25, 0.3) is 0 Å². The van der Waals surface area contributed by atoms with Gasteiger partial charge in [-0.25, -0.2) is 4.79 Å². The molecule has 1 rings (SSSR count). The zero-order valence-electron chi connectivity index (χ0n) is 13.0. The Labute approximate surface area is 126 Å². The van der Waals surface area contributed by atoms with Crippen LogP contribution in [-0.2, 0) is 9.47 Å². The van der Waals surface area contributed by atoms with Crippen LogP contribution in [0.15, 0.2) is 24.3 Å². The van der Waals surface area contributed by atoms with Crippen molar-refractivity contribution in [3.63, 3.8) is 0 Å². The molecule has 0 aliphatic rings. The molecule has 0 fully saturated rings. The fourth-order valence-electron chi connectivity index (χ4n) is 1.79. The number of methoxy groups -OCH3 is 2. The summed E-state index contributed by atoms with van der Waals surface area (Å²) in [6.45, 7) is 3.93. The standard InChI is InChI=1S/C15H25N3O3/c1-12(16)13-4-6-14(7-5-13)17-15(19)18(8-10-20-2)9-11-21-3/h4-7,12H,8-11,16H2,1-3H3,(H,17,19). The molecule has 1 atom stereocenters. The van der Waals surface area contributed by atoms with E-state index in [1.807, 2.05) is 31.2 Å². The van der Waals surface area contributed by atoms with Gasteiger partial charge in [-0.05, 0) is 24.6 Å². The Bertz CT molecular complexity index is 413. The first-order valence-corrected chi connectivity index (χ1v) is 6.97. The summed E-state index contributed by atoms with van der Waals surface area (Å²) in [5.41, 5.74) is 7.57. The molecule has 0 bridgehead atoms. The fourth-order valence-corrected chi connectivity index (χ4v) is 1.79. The van der Waals surface area contributed by atoms with Crippen LogP contribution in [0.2, 0.25) is 0 Å². The minimum Gasteiger partial charge on any atom is -0.383 e. The normalized spacial score (nSPS) is 12.0. The molecule has 0 aliphatic carbocycles.